The second-order valence-electron chi connectivity index (χ2n) is 7.76. The highest BCUT2D eigenvalue weighted by atomic mass is 16.5. The van der Waals surface area contributed by atoms with Crippen LogP contribution >= 0.6 is 0 Å². The van der Waals surface area contributed by atoms with Gasteiger partial charge in [0.25, 0.3) is 0 Å². The van der Waals surface area contributed by atoms with Gasteiger partial charge in [0.05, 0.1) is 33.4 Å². The molecule has 0 saturated heterocycles. The van der Waals surface area contributed by atoms with Crippen molar-refractivity contribution in [2.45, 2.75) is 32.7 Å². The summed E-state index contributed by atoms with van der Waals surface area (Å²) in [7, 11) is 3.09. The Bertz CT molecular complexity index is 842. The van der Waals surface area contributed by atoms with Crippen LogP contribution in [0, 0.1) is 5.92 Å². The molecule has 1 aromatic heterocycles. The summed E-state index contributed by atoms with van der Waals surface area (Å²) in [5.41, 5.74) is 3.47. The summed E-state index contributed by atoms with van der Waals surface area (Å²) in [6.45, 7) is 8.22. The lowest BCUT2D eigenvalue weighted by atomic mass is 9.92. The van der Waals surface area contributed by atoms with E-state index >= 15 is 0 Å². The summed E-state index contributed by atoms with van der Waals surface area (Å²) in [5, 5.41) is 1.15. The van der Waals surface area contributed by atoms with E-state index in [2.05, 4.69) is 43.5 Å². The molecule has 2 aromatic rings. The SMILES string of the molecule is COC(=O)C1C=C(Cn2c(C(C)(C)C)cc3cc(OC)ccc32)COC1. The molecule has 5 heteroatoms. The molecule has 0 saturated carbocycles. The van der Waals surface area contributed by atoms with Gasteiger partial charge in [-0.05, 0) is 29.8 Å². The second kappa shape index (κ2) is 7.16. The van der Waals surface area contributed by atoms with Crippen molar-refractivity contribution >= 4 is 16.9 Å². The molecule has 1 aliphatic heterocycles. The second-order valence-corrected chi connectivity index (χ2v) is 7.76. The molecule has 0 N–H and O–H groups in total. The molecule has 0 aliphatic carbocycles. The molecule has 0 radical (unpaired) electrons. The normalized spacial score (nSPS) is 17.9. The largest absolute Gasteiger partial charge is 0.497 e. The minimum absolute atomic E-state index is 0.00983. The molecule has 1 unspecified atom stereocenters. The minimum Gasteiger partial charge on any atom is -0.497 e. The lowest BCUT2D eigenvalue weighted by molar-refractivity contribution is -0.145. The molecule has 1 aromatic carbocycles. The molecular formula is C21H27NO4. The van der Waals surface area contributed by atoms with Crippen LogP contribution in [-0.4, -0.2) is 38.0 Å². The van der Waals surface area contributed by atoms with E-state index in [1.807, 2.05) is 12.1 Å². The van der Waals surface area contributed by atoms with Crippen LogP contribution in [0.15, 0.2) is 35.9 Å². The van der Waals surface area contributed by atoms with Crippen molar-refractivity contribution < 1.29 is 19.0 Å². The highest BCUT2D eigenvalue weighted by Gasteiger charge is 2.25. The van der Waals surface area contributed by atoms with Crippen molar-refractivity contribution in [1.29, 1.82) is 0 Å². The Morgan fingerprint density at radius 2 is 2.04 bits per heavy atom. The molecule has 1 aliphatic rings. The van der Waals surface area contributed by atoms with Crippen molar-refractivity contribution in [2.75, 3.05) is 27.4 Å². The van der Waals surface area contributed by atoms with Gasteiger partial charge in [0, 0.05) is 28.6 Å². The van der Waals surface area contributed by atoms with Gasteiger partial charge in [0.15, 0.2) is 0 Å². The molecular weight excluding hydrogens is 330 g/mol. The number of nitrogens with zero attached hydrogens (tertiary/aromatic N) is 1. The Morgan fingerprint density at radius 1 is 1.27 bits per heavy atom. The Hall–Kier alpha value is -2.27. The Labute approximate surface area is 154 Å². The Morgan fingerprint density at radius 3 is 2.69 bits per heavy atom. The number of carbonyl (C=O) groups is 1. The molecule has 26 heavy (non-hydrogen) atoms. The van der Waals surface area contributed by atoms with Crippen molar-refractivity contribution in [3.8, 4) is 5.75 Å². The number of ether oxygens (including phenoxy) is 3. The van der Waals surface area contributed by atoms with Crippen LogP contribution in [-0.2, 0) is 26.2 Å². The summed E-state index contributed by atoms with van der Waals surface area (Å²) < 4.78 is 18.2. The average Bonchev–Trinajstić information content (AvgIpc) is 2.99. The maximum atomic E-state index is 11.9. The van der Waals surface area contributed by atoms with Crippen LogP contribution in [0.1, 0.15) is 26.5 Å². The number of esters is 1. The molecule has 1 atom stereocenters. The average molecular weight is 357 g/mol. The van der Waals surface area contributed by atoms with Gasteiger partial charge in [-0.25, -0.2) is 0 Å². The van der Waals surface area contributed by atoms with Crippen LogP contribution in [0.2, 0.25) is 0 Å². The topological polar surface area (TPSA) is 49.7 Å². The molecule has 2 heterocycles. The number of fused-ring (bicyclic) bond motifs is 1. The van der Waals surface area contributed by atoms with Gasteiger partial charge < -0.3 is 18.8 Å². The number of rotatable bonds is 4. The van der Waals surface area contributed by atoms with E-state index in [0.29, 0.717) is 19.8 Å². The van der Waals surface area contributed by atoms with E-state index in [9.17, 15) is 4.79 Å². The van der Waals surface area contributed by atoms with Gasteiger partial charge in [-0.1, -0.05) is 26.8 Å². The fourth-order valence-corrected chi connectivity index (χ4v) is 3.45. The third-order valence-electron chi connectivity index (χ3n) is 4.76. The number of methoxy groups -OCH3 is 2. The fourth-order valence-electron chi connectivity index (χ4n) is 3.45. The van der Waals surface area contributed by atoms with Crippen molar-refractivity contribution in [2.24, 2.45) is 5.92 Å². The lowest BCUT2D eigenvalue weighted by Crippen LogP contribution is -2.27. The first-order chi connectivity index (χ1) is 12.3. The zero-order valence-electron chi connectivity index (χ0n) is 16.2. The first-order valence-corrected chi connectivity index (χ1v) is 8.86. The molecule has 3 rings (SSSR count). The van der Waals surface area contributed by atoms with E-state index in [4.69, 9.17) is 14.2 Å². The third-order valence-corrected chi connectivity index (χ3v) is 4.76. The van der Waals surface area contributed by atoms with Crippen LogP contribution in [0.4, 0.5) is 0 Å². The Balaban J connectivity index is 2.03. The van der Waals surface area contributed by atoms with E-state index in [0.717, 1.165) is 22.2 Å². The smallest absolute Gasteiger partial charge is 0.314 e. The Kier molecular flexibility index (Phi) is 5.10. The minimum atomic E-state index is -0.330. The summed E-state index contributed by atoms with van der Waals surface area (Å²) >= 11 is 0. The third kappa shape index (κ3) is 3.63. The predicted molar refractivity (Wildman–Crippen MR) is 102 cm³/mol. The number of aromatic nitrogens is 1. The van der Waals surface area contributed by atoms with Crippen LogP contribution < -0.4 is 4.74 Å². The first-order valence-electron chi connectivity index (χ1n) is 8.86. The standard InChI is InChI=1S/C21H27NO4/c1-21(2,3)19-10-15-9-17(24-4)6-7-18(15)22(19)11-14-8-16(13-26-12-14)20(23)25-5/h6-10,16H,11-13H2,1-5H3. The molecule has 0 bridgehead atoms. The molecule has 0 spiro atoms. The van der Waals surface area contributed by atoms with Gasteiger partial charge in [0.2, 0.25) is 0 Å². The summed E-state index contributed by atoms with van der Waals surface area (Å²) in [4.78, 5) is 11.9. The van der Waals surface area contributed by atoms with Gasteiger partial charge in [-0.2, -0.15) is 0 Å². The number of hydrogen-bond acceptors (Lipinski definition) is 4. The first kappa shape index (κ1) is 18.5. The van der Waals surface area contributed by atoms with Gasteiger partial charge in [0.1, 0.15) is 5.75 Å². The fraction of sp³-hybridized carbons (Fsp3) is 0.476. The molecule has 5 nitrogen and oxygen atoms in total. The van der Waals surface area contributed by atoms with E-state index in [1.54, 1.807) is 7.11 Å². The summed E-state index contributed by atoms with van der Waals surface area (Å²) in [6, 6.07) is 8.35. The van der Waals surface area contributed by atoms with Crippen molar-refractivity contribution in [3.63, 3.8) is 0 Å². The van der Waals surface area contributed by atoms with Crippen molar-refractivity contribution in [3.05, 3.63) is 41.6 Å². The van der Waals surface area contributed by atoms with E-state index < -0.39 is 0 Å². The van der Waals surface area contributed by atoms with Gasteiger partial charge >= 0.3 is 5.97 Å². The zero-order chi connectivity index (χ0) is 18.9. The van der Waals surface area contributed by atoms with Crippen LogP contribution in [0.25, 0.3) is 10.9 Å². The van der Waals surface area contributed by atoms with E-state index in [-0.39, 0.29) is 17.3 Å². The van der Waals surface area contributed by atoms with Crippen LogP contribution in [0.3, 0.4) is 0 Å². The number of hydrogen-bond donors (Lipinski definition) is 0. The molecule has 140 valence electrons. The summed E-state index contributed by atoms with van der Waals surface area (Å²) in [5.74, 6) is 0.269. The highest BCUT2D eigenvalue weighted by molar-refractivity contribution is 5.83. The highest BCUT2D eigenvalue weighted by Crippen LogP contribution is 2.32. The number of carbonyl (C=O) groups excluding carboxylic acids is 1. The molecule has 0 amide bonds. The zero-order valence-corrected chi connectivity index (χ0v) is 16.2. The molecule has 0 fully saturated rings. The van der Waals surface area contributed by atoms with Crippen molar-refractivity contribution in [1.82, 2.24) is 4.57 Å². The number of benzene rings is 1. The lowest BCUT2D eigenvalue weighted by Gasteiger charge is -2.25. The maximum Gasteiger partial charge on any atom is 0.314 e. The maximum absolute atomic E-state index is 11.9. The predicted octanol–water partition coefficient (Wildman–Crippen LogP) is 3.69. The van der Waals surface area contributed by atoms with Gasteiger partial charge in [-0.15, -0.1) is 0 Å². The monoisotopic (exact) mass is 357 g/mol. The van der Waals surface area contributed by atoms with E-state index in [1.165, 1.54) is 12.8 Å². The quantitative estimate of drug-likeness (QED) is 0.618. The summed E-state index contributed by atoms with van der Waals surface area (Å²) in [6.07, 6.45) is 2.00. The van der Waals surface area contributed by atoms with Crippen LogP contribution in [0.5, 0.6) is 5.75 Å². The van der Waals surface area contributed by atoms with Gasteiger partial charge in [-0.3, -0.25) is 4.79 Å².